The summed E-state index contributed by atoms with van der Waals surface area (Å²) < 4.78 is 49.8. The van der Waals surface area contributed by atoms with Crippen LogP contribution in [0.1, 0.15) is 22.9 Å². The molecule has 0 radical (unpaired) electrons. The molecule has 0 bridgehead atoms. The van der Waals surface area contributed by atoms with Crippen molar-refractivity contribution in [1.29, 1.82) is 0 Å². The molecule has 0 saturated carbocycles. The zero-order chi connectivity index (χ0) is 25.2. The van der Waals surface area contributed by atoms with Gasteiger partial charge in [0.05, 0.1) is 12.0 Å². The first kappa shape index (κ1) is 30.8. The molecule has 2 heterocycles. The van der Waals surface area contributed by atoms with Crippen LogP contribution in [0.15, 0.2) is 55.2 Å². The molecule has 1 aliphatic rings. The smallest absolute Gasteiger partial charge is 0.716 e. The number of hydrogen-bond donors (Lipinski definition) is 2. The molecule has 3 aromatic rings. The van der Waals surface area contributed by atoms with Crippen LogP contribution in [0.5, 0.6) is 23.0 Å². The standard InChI is InChI=1S/C23H25N3O8S.ClH.Na/c1-25(2)9-7-17-13-26(14-24-17)22(16-4-5-18(27)19(28)12-16)23-33-20-6-3-15(11-21(20)34-23)8-10-32-35(29,30)31;;/h3-6,8,10-14,22-23,27-28H,7,9H2,1-2H3,(H,29,30,31);1H;/q;;+1/p-1/b10-8+;;. The third-order valence-corrected chi connectivity index (χ3v) is 5.62. The van der Waals surface area contributed by atoms with Crippen LogP contribution in [-0.2, 0) is 21.0 Å². The number of phenols is 2. The Hall–Kier alpha value is -2.45. The maximum absolute atomic E-state index is 10.6. The first-order valence-corrected chi connectivity index (χ1v) is 11.9. The molecule has 0 saturated heterocycles. The van der Waals surface area contributed by atoms with Crippen molar-refractivity contribution in [3.8, 4) is 23.0 Å². The first-order chi connectivity index (χ1) is 16.6. The molecule has 11 nitrogen and oxygen atoms in total. The monoisotopic (exact) mass is 561 g/mol. The number of likely N-dealkylation sites (N-methyl/N-ethyl adjacent to an activating group) is 1. The van der Waals surface area contributed by atoms with Crippen molar-refractivity contribution in [2.45, 2.75) is 18.8 Å². The van der Waals surface area contributed by atoms with Crippen LogP contribution in [0, 0.1) is 0 Å². The minimum Gasteiger partial charge on any atom is -0.716 e. The molecule has 0 aliphatic carbocycles. The second kappa shape index (κ2) is 12.9. The van der Waals surface area contributed by atoms with E-state index in [4.69, 9.17) is 9.47 Å². The zero-order valence-electron chi connectivity index (χ0n) is 20.3. The summed E-state index contributed by atoms with van der Waals surface area (Å²) in [4.78, 5) is 6.53. The van der Waals surface area contributed by atoms with E-state index < -0.39 is 22.7 Å². The molecule has 0 spiro atoms. The van der Waals surface area contributed by atoms with Gasteiger partial charge in [0.1, 0.15) is 12.3 Å². The molecule has 2 aromatic carbocycles. The van der Waals surface area contributed by atoms with Gasteiger partial charge in [0.15, 0.2) is 23.0 Å². The van der Waals surface area contributed by atoms with Crippen molar-refractivity contribution in [3.05, 3.63) is 72.0 Å². The molecule has 2 N–H and O–H groups in total. The predicted molar refractivity (Wildman–Crippen MR) is 131 cm³/mol. The van der Waals surface area contributed by atoms with Crippen LogP contribution in [0.3, 0.4) is 0 Å². The maximum atomic E-state index is 10.6. The summed E-state index contributed by atoms with van der Waals surface area (Å²) in [5, 5.41) is 19.9. The number of aromatic hydroxyl groups is 2. The molecule has 2 atom stereocenters. The van der Waals surface area contributed by atoms with Gasteiger partial charge in [0.2, 0.25) is 0 Å². The number of hydrogen-bond acceptors (Lipinski definition) is 10. The Morgan fingerprint density at radius 2 is 1.89 bits per heavy atom. The van der Waals surface area contributed by atoms with Gasteiger partial charge >= 0.3 is 29.6 Å². The summed E-state index contributed by atoms with van der Waals surface area (Å²) in [6.45, 7) is 0.817. The SMILES string of the molecule is CN(C)CCc1cn(C(c2ccc(O)c(O)c2)C2Oc3ccc(/C=C/OS(=O)(=O)[O-])cc3O2)cn1.Cl.[Na+]. The summed E-state index contributed by atoms with van der Waals surface area (Å²) in [6.07, 6.45) is 5.50. The Kier molecular flexibility index (Phi) is 10.7. The predicted octanol–water partition coefficient (Wildman–Crippen LogP) is -0.341. The van der Waals surface area contributed by atoms with Gasteiger partial charge in [-0.1, -0.05) is 12.1 Å². The van der Waals surface area contributed by atoms with Gasteiger partial charge in [0.25, 0.3) is 16.7 Å². The van der Waals surface area contributed by atoms with Crippen LogP contribution in [0.4, 0.5) is 0 Å². The normalized spacial score (nSPS) is 15.3. The van der Waals surface area contributed by atoms with Gasteiger partial charge < -0.3 is 37.9 Å². The van der Waals surface area contributed by atoms with Crippen LogP contribution in [-0.4, -0.2) is 64.6 Å². The average Bonchev–Trinajstić information content (AvgIpc) is 3.41. The van der Waals surface area contributed by atoms with E-state index in [0.717, 1.165) is 24.9 Å². The fourth-order valence-corrected chi connectivity index (χ4v) is 3.78. The first-order valence-electron chi connectivity index (χ1n) is 10.6. The number of imidazole rings is 1. The number of phenolic OH excluding ortho intramolecular Hbond substituents is 2. The Balaban J connectivity index is 0.00000241. The van der Waals surface area contributed by atoms with Crippen molar-refractivity contribution >= 4 is 28.9 Å². The zero-order valence-corrected chi connectivity index (χ0v) is 24.0. The Bertz CT molecular complexity index is 1350. The molecular weight excluding hydrogens is 537 g/mol. The van der Waals surface area contributed by atoms with Gasteiger partial charge in [0, 0.05) is 19.2 Å². The van der Waals surface area contributed by atoms with Crippen LogP contribution < -0.4 is 39.0 Å². The summed E-state index contributed by atoms with van der Waals surface area (Å²) >= 11 is 0. The molecule has 2 unspecified atom stereocenters. The van der Waals surface area contributed by atoms with E-state index in [1.807, 2.05) is 24.9 Å². The van der Waals surface area contributed by atoms with Gasteiger partial charge in [-0.15, -0.1) is 12.4 Å². The third-order valence-electron chi connectivity index (χ3n) is 5.28. The second-order valence-corrected chi connectivity index (χ2v) is 9.18. The van der Waals surface area contributed by atoms with Crippen molar-refractivity contribution in [1.82, 2.24) is 14.5 Å². The Morgan fingerprint density at radius 1 is 1.16 bits per heavy atom. The fourth-order valence-electron chi connectivity index (χ4n) is 3.59. The minimum absolute atomic E-state index is 0. The van der Waals surface area contributed by atoms with E-state index in [2.05, 4.69) is 14.1 Å². The quantitative estimate of drug-likeness (QED) is 0.117. The number of rotatable bonds is 9. The van der Waals surface area contributed by atoms with Crippen molar-refractivity contribution in [2.24, 2.45) is 0 Å². The summed E-state index contributed by atoms with van der Waals surface area (Å²) in [6, 6.07) is 8.80. The van der Waals surface area contributed by atoms with Crippen LogP contribution >= 0.6 is 12.4 Å². The molecule has 1 aliphatic heterocycles. The van der Waals surface area contributed by atoms with Gasteiger partial charge in [-0.2, -0.15) is 0 Å². The fraction of sp³-hybridized carbons (Fsp3) is 0.261. The van der Waals surface area contributed by atoms with E-state index in [9.17, 15) is 23.2 Å². The van der Waals surface area contributed by atoms with Crippen LogP contribution in [0.25, 0.3) is 6.08 Å². The molecule has 0 fully saturated rings. The summed E-state index contributed by atoms with van der Waals surface area (Å²) in [5.41, 5.74) is 2.00. The molecule has 4 rings (SSSR count). The minimum atomic E-state index is -4.84. The van der Waals surface area contributed by atoms with E-state index in [1.165, 1.54) is 18.2 Å². The molecule has 0 amide bonds. The number of ether oxygens (including phenoxy) is 2. The van der Waals surface area contributed by atoms with Crippen LogP contribution in [0.2, 0.25) is 0 Å². The maximum Gasteiger partial charge on any atom is 1.00 e. The Morgan fingerprint density at radius 3 is 2.57 bits per heavy atom. The van der Waals surface area contributed by atoms with E-state index in [1.54, 1.807) is 30.6 Å². The van der Waals surface area contributed by atoms with E-state index in [0.29, 0.717) is 22.6 Å². The van der Waals surface area contributed by atoms with Crippen molar-refractivity contribution < 1.29 is 66.4 Å². The second-order valence-electron chi connectivity index (χ2n) is 8.18. The largest absolute Gasteiger partial charge is 1.00 e. The number of halogens is 1. The molecule has 14 heteroatoms. The van der Waals surface area contributed by atoms with Crippen molar-refractivity contribution in [3.63, 3.8) is 0 Å². The van der Waals surface area contributed by atoms with Gasteiger partial charge in [-0.05, 0) is 55.6 Å². The van der Waals surface area contributed by atoms with Gasteiger partial charge in [-0.25, -0.2) is 13.4 Å². The molecule has 37 heavy (non-hydrogen) atoms. The number of fused-ring (bicyclic) bond motifs is 1. The van der Waals surface area contributed by atoms with Gasteiger partial charge in [-0.3, -0.25) is 0 Å². The summed E-state index contributed by atoms with van der Waals surface area (Å²) in [5.74, 6) is 0.310. The van der Waals surface area contributed by atoms with E-state index >= 15 is 0 Å². The summed E-state index contributed by atoms with van der Waals surface area (Å²) in [7, 11) is -0.887. The molecular formula is C23H25ClN3NaO8S. The number of benzene rings is 2. The topological polar surface area (TPSA) is 146 Å². The molecule has 1 aromatic heterocycles. The van der Waals surface area contributed by atoms with E-state index in [-0.39, 0.29) is 53.5 Å². The molecule has 194 valence electrons. The third kappa shape index (κ3) is 8.01. The number of aromatic nitrogens is 2. The van der Waals surface area contributed by atoms with Crippen molar-refractivity contribution in [2.75, 3.05) is 20.6 Å². The average molecular weight is 562 g/mol. The number of nitrogens with zero attached hydrogens (tertiary/aromatic N) is 3. The Labute approximate surface area is 243 Å².